The van der Waals surface area contributed by atoms with Crippen molar-refractivity contribution in [2.24, 2.45) is 0 Å². The smallest absolute Gasteiger partial charge is 0.308 e. The van der Waals surface area contributed by atoms with Gasteiger partial charge >= 0.3 is 5.97 Å². The average molecular weight is 434 g/mol. The van der Waals surface area contributed by atoms with Gasteiger partial charge in [-0.2, -0.15) is 0 Å². The van der Waals surface area contributed by atoms with Gasteiger partial charge in [0.1, 0.15) is 29.6 Å². The fourth-order valence-corrected chi connectivity index (χ4v) is 3.55. The number of ether oxygens (including phenoxy) is 2. The van der Waals surface area contributed by atoms with Crippen LogP contribution in [0.1, 0.15) is 43.6 Å². The fourth-order valence-electron chi connectivity index (χ4n) is 2.97. The summed E-state index contributed by atoms with van der Waals surface area (Å²) in [7, 11) is 0. The third kappa shape index (κ3) is 4.74. The highest BCUT2D eigenvalue weighted by molar-refractivity contribution is 6.39. The van der Waals surface area contributed by atoms with Crippen molar-refractivity contribution < 1.29 is 18.8 Å². The Labute approximate surface area is 179 Å². The molecule has 0 aliphatic rings. The van der Waals surface area contributed by atoms with Crippen LogP contribution in [0.5, 0.6) is 11.5 Å². The molecule has 5 nitrogen and oxygen atoms in total. The van der Waals surface area contributed by atoms with Gasteiger partial charge in [0.05, 0.1) is 15.6 Å². The van der Waals surface area contributed by atoms with E-state index in [0.717, 1.165) is 11.1 Å². The Bertz CT molecular complexity index is 1020. The summed E-state index contributed by atoms with van der Waals surface area (Å²) in [6, 6.07) is 10.6. The van der Waals surface area contributed by atoms with Gasteiger partial charge in [-0.25, -0.2) is 0 Å². The van der Waals surface area contributed by atoms with E-state index in [9.17, 15) is 4.79 Å². The van der Waals surface area contributed by atoms with Gasteiger partial charge in [0.2, 0.25) is 0 Å². The maximum absolute atomic E-state index is 11.2. The molecule has 0 fully saturated rings. The summed E-state index contributed by atoms with van der Waals surface area (Å²) in [6.45, 7) is 7.46. The molecule has 0 saturated carbocycles. The zero-order valence-electron chi connectivity index (χ0n) is 16.6. The van der Waals surface area contributed by atoms with Crippen molar-refractivity contribution in [1.29, 1.82) is 0 Å². The quantitative estimate of drug-likeness (QED) is 0.324. The molecular weight excluding hydrogens is 413 g/mol. The minimum Gasteiger partial charge on any atom is -0.489 e. The number of nitrogens with zero attached hydrogens (tertiary/aromatic N) is 1. The van der Waals surface area contributed by atoms with Crippen molar-refractivity contribution in [1.82, 2.24) is 5.16 Å². The van der Waals surface area contributed by atoms with Gasteiger partial charge in [-0.3, -0.25) is 4.79 Å². The molecule has 0 N–H and O–H groups in total. The normalized spacial score (nSPS) is 11.0. The molecule has 3 aromatic rings. The molecule has 3 rings (SSSR count). The minimum absolute atomic E-state index is 0.101. The van der Waals surface area contributed by atoms with Gasteiger partial charge in [0.25, 0.3) is 0 Å². The van der Waals surface area contributed by atoms with E-state index in [1.54, 1.807) is 30.3 Å². The zero-order chi connectivity index (χ0) is 21.1. The van der Waals surface area contributed by atoms with Gasteiger partial charge in [-0.15, -0.1) is 0 Å². The van der Waals surface area contributed by atoms with Crippen molar-refractivity contribution >= 4 is 29.2 Å². The Kier molecular flexibility index (Phi) is 6.50. The van der Waals surface area contributed by atoms with Crippen LogP contribution in [0, 0.1) is 6.92 Å². The van der Waals surface area contributed by atoms with E-state index in [-0.39, 0.29) is 18.5 Å². The van der Waals surface area contributed by atoms with Crippen molar-refractivity contribution in [3.63, 3.8) is 0 Å². The van der Waals surface area contributed by atoms with Crippen LogP contribution in [0.2, 0.25) is 10.0 Å². The van der Waals surface area contributed by atoms with Crippen molar-refractivity contribution in [3.8, 4) is 22.8 Å². The van der Waals surface area contributed by atoms with E-state index in [2.05, 4.69) is 5.16 Å². The topological polar surface area (TPSA) is 61.6 Å². The third-order valence-corrected chi connectivity index (χ3v) is 4.96. The van der Waals surface area contributed by atoms with Crippen LogP contribution in [0.25, 0.3) is 11.3 Å². The fraction of sp³-hybridized carbons (Fsp3) is 0.273. The van der Waals surface area contributed by atoms with Gasteiger partial charge in [0, 0.05) is 18.4 Å². The van der Waals surface area contributed by atoms with E-state index in [4.69, 9.17) is 37.2 Å². The van der Waals surface area contributed by atoms with Gasteiger partial charge in [0.15, 0.2) is 0 Å². The van der Waals surface area contributed by atoms with Crippen molar-refractivity contribution in [2.45, 2.75) is 40.2 Å². The molecule has 1 heterocycles. The van der Waals surface area contributed by atoms with Crippen LogP contribution in [0.15, 0.2) is 40.9 Å². The van der Waals surface area contributed by atoms with Crippen molar-refractivity contribution in [2.75, 3.05) is 0 Å². The summed E-state index contributed by atoms with van der Waals surface area (Å²) in [4.78, 5) is 11.2. The number of rotatable bonds is 6. The lowest BCUT2D eigenvalue weighted by Gasteiger charge is -2.12. The summed E-state index contributed by atoms with van der Waals surface area (Å²) < 4.78 is 16.7. The second kappa shape index (κ2) is 8.89. The van der Waals surface area contributed by atoms with Crippen LogP contribution in [0.4, 0.5) is 0 Å². The maximum atomic E-state index is 11.2. The molecule has 0 aliphatic carbocycles. The number of aromatic nitrogens is 1. The number of carbonyl (C=O) groups excluding carboxylic acids is 1. The van der Waals surface area contributed by atoms with E-state index in [1.165, 1.54) is 6.92 Å². The number of benzene rings is 2. The molecule has 0 atom stereocenters. The monoisotopic (exact) mass is 433 g/mol. The lowest BCUT2D eigenvalue weighted by atomic mass is 10.0. The Morgan fingerprint density at radius 1 is 1.17 bits per heavy atom. The number of hydrogen-bond acceptors (Lipinski definition) is 5. The van der Waals surface area contributed by atoms with Crippen LogP contribution in [0.3, 0.4) is 0 Å². The Balaban J connectivity index is 1.92. The highest BCUT2D eigenvalue weighted by atomic mass is 35.5. The number of esters is 1. The molecule has 0 radical (unpaired) electrons. The predicted molar refractivity (Wildman–Crippen MR) is 113 cm³/mol. The van der Waals surface area contributed by atoms with E-state index >= 15 is 0 Å². The van der Waals surface area contributed by atoms with Gasteiger partial charge in [-0.05, 0) is 42.8 Å². The minimum atomic E-state index is -0.367. The number of halogens is 2. The molecular formula is C22H21Cl2NO4. The number of carbonyl (C=O) groups is 1. The van der Waals surface area contributed by atoms with Crippen LogP contribution in [-0.2, 0) is 11.4 Å². The zero-order valence-corrected chi connectivity index (χ0v) is 18.1. The van der Waals surface area contributed by atoms with Gasteiger partial charge < -0.3 is 14.0 Å². The average Bonchev–Trinajstić information content (AvgIpc) is 3.05. The molecule has 0 spiro atoms. The first-order chi connectivity index (χ1) is 13.8. The molecule has 29 heavy (non-hydrogen) atoms. The van der Waals surface area contributed by atoms with E-state index in [1.807, 2.05) is 26.8 Å². The van der Waals surface area contributed by atoms with Gasteiger partial charge in [-0.1, -0.05) is 48.3 Å². The molecule has 1 aromatic heterocycles. The summed E-state index contributed by atoms with van der Waals surface area (Å²) in [5.41, 5.74) is 2.77. The standard InChI is InChI=1S/C22H21Cl2NO4/c1-12(2)22-16(21(25-29-22)20-17(23)6-5-7-18(20)24)11-27-15-8-9-19(13(3)10-15)28-14(4)26/h5-10,12H,11H2,1-4H3. The largest absolute Gasteiger partial charge is 0.489 e. The molecule has 0 aliphatic heterocycles. The maximum Gasteiger partial charge on any atom is 0.308 e. The third-order valence-electron chi connectivity index (χ3n) is 4.33. The molecule has 0 bridgehead atoms. The molecule has 0 unspecified atom stereocenters. The van der Waals surface area contributed by atoms with E-state index in [0.29, 0.717) is 38.6 Å². The molecule has 2 aromatic carbocycles. The highest BCUT2D eigenvalue weighted by Gasteiger charge is 2.23. The van der Waals surface area contributed by atoms with Crippen LogP contribution in [-0.4, -0.2) is 11.1 Å². The first-order valence-corrected chi connectivity index (χ1v) is 9.88. The number of aryl methyl sites for hydroxylation is 1. The van der Waals surface area contributed by atoms with E-state index < -0.39 is 0 Å². The number of hydrogen-bond donors (Lipinski definition) is 0. The molecule has 152 valence electrons. The predicted octanol–water partition coefficient (Wildman–Crippen LogP) is 6.58. The second-order valence-electron chi connectivity index (χ2n) is 6.93. The second-order valence-corrected chi connectivity index (χ2v) is 7.75. The first-order valence-electron chi connectivity index (χ1n) is 9.12. The van der Waals surface area contributed by atoms with Crippen LogP contribution >= 0.6 is 23.2 Å². The Morgan fingerprint density at radius 3 is 2.45 bits per heavy atom. The Morgan fingerprint density at radius 2 is 1.86 bits per heavy atom. The van der Waals surface area contributed by atoms with Crippen molar-refractivity contribution in [3.05, 3.63) is 63.3 Å². The Hall–Kier alpha value is -2.50. The lowest BCUT2D eigenvalue weighted by molar-refractivity contribution is -0.131. The summed E-state index contributed by atoms with van der Waals surface area (Å²) in [5, 5.41) is 5.20. The molecule has 0 amide bonds. The van der Waals surface area contributed by atoms with Crippen LogP contribution < -0.4 is 9.47 Å². The SMILES string of the molecule is CC(=O)Oc1ccc(OCc2c(-c3c(Cl)cccc3Cl)noc2C(C)C)cc1C. The summed E-state index contributed by atoms with van der Waals surface area (Å²) in [5.74, 6) is 1.58. The molecule has 0 saturated heterocycles. The lowest BCUT2D eigenvalue weighted by Crippen LogP contribution is -2.04. The first kappa shape index (κ1) is 21.2. The summed E-state index contributed by atoms with van der Waals surface area (Å²) >= 11 is 12.7. The summed E-state index contributed by atoms with van der Waals surface area (Å²) in [6.07, 6.45) is 0. The molecule has 7 heteroatoms. The highest BCUT2D eigenvalue weighted by Crippen LogP contribution is 2.39.